The number of hydrogen-bond donors (Lipinski definition) is 3. The lowest BCUT2D eigenvalue weighted by molar-refractivity contribution is -0.121. The van der Waals surface area contributed by atoms with Gasteiger partial charge in [-0.3, -0.25) is 4.79 Å². The number of para-hydroxylation sites is 1. The summed E-state index contributed by atoms with van der Waals surface area (Å²) in [6.45, 7) is 2.14. The molecule has 2 aromatic rings. The molecular formula is C18H21NO3. The highest BCUT2D eigenvalue weighted by molar-refractivity contribution is 5.76. The molecule has 4 heteroatoms. The SMILES string of the molecule is Cc1cccc(C(O)CNC(=O)CCc2ccccc2O)c1. The normalized spacial score (nSPS) is 11.9. The third kappa shape index (κ3) is 4.60. The molecule has 0 aliphatic carbocycles. The van der Waals surface area contributed by atoms with E-state index in [-0.39, 0.29) is 24.6 Å². The molecule has 0 aromatic heterocycles. The molecule has 0 heterocycles. The minimum Gasteiger partial charge on any atom is -0.508 e. The maximum Gasteiger partial charge on any atom is 0.220 e. The van der Waals surface area contributed by atoms with Gasteiger partial charge in [0, 0.05) is 13.0 Å². The zero-order valence-corrected chi connectivity index (χ0v) is 12.6. The van der Waals surface area contributed by atoms with Gasteiger partial charge in [-0.1, -0.05) is 48.0 Å². The number of aromatic hydroxyl groups is 1. The fourth-order valence-corrected chi connectivity index (χ4v) is 2.26. The van der Waals surface area contributed by atoms with Crippen molar-refractivity contribution in [2.75, 3.05) is 6.54 Å². The van der Waals surface area contributed by atoms with Crippen molar-refractivity contribution in [2.24, 2.45) is 0 Å². The largest absolute Gasteiger partial charge is 0.508 e. The van der Waals surface area contributed by atoms with Gasteiger partial charge in [-0.2, -0.15) is 0 Å². The van der Waals surface area contributed by atoms with Crippen LogP contribution in [-0.4, -0.2) is 22.7 Å². The molecule has 0 bridgehead atoms. The molecule has 0 aliphatic rings. The molecule has 1 amide bonds. The zero-order chi connectivity index (χ0) is 15.9. The predicted molar refractivity (Wildman–Crippen MR) is 85.6 cm³/mol. The van der Waals surface area contributed by atoms with E-state index < -0.39 is 6.10 Å². The second-order valence-corrected chi connectivity index (χ2v) is 5.36. The van der Waals surface area contributed by atoms with Crippen LogP contribution in [0.1, 0.15) is 29.2 Å². The second-order valence-electron chi connectivity index (χ2n) is 5.36. The molecule has 0 spiro atoms. The Morgan fingerprint density at radius 2 is 1.95 bits per heavy atom. The molecule has 22 heavy (non-hydrogen) atoms. The van der Waals surface area contributed by atoms with Crippen molar-refractivity contribution in [3.8, 4) is 5.75 Å². The first-order valence-electron chi connectivity index (χ1n) is 7.34. The fourth-order valence-electron chi connectivity index (χ4n) is 2.26. The zero-order valence-electron chi connectivity index (χ0n) is 12.6. The van der Waals surface area contributed by atoms with Gasteiger partial charge in [0.05, 0.1) is 6.10 Å². The summed E-state index contributed by atoms with van der Waals surface area (Å²) in [6.07, 6.45) is 0.0333. The Hall–Kier alpha value is -2.33. The van der Waals surface area contributed by atoms with E-state index in [0.29, 0.717) is 6.42 Å². The average molecular weight is 299 g/mol. The molecule has 0 saturated carbocycles. The first-order valence-corrected chi connectivity index (χ1v) is 7.34. The highest BCUT2D eigenvalue weighted by atomic mass is 16.3. The summed E-state index contributed by atoms with van der Waals surface area (Å²) >= 11 is 0. The number of aliphatic hydroxyl groups is 1. The number of aryl methyl sites for hydroxylation is 2. The lowest BCUT2D eigenvalue weighted by atomic mass is 10.1. The summed E-state index contributed by atoms with van der Waals surface area (Å²) in [5.74, 6) is 0.0602. The maximum atomic E-state index is 11.8. The molecule has 1 atom stereocenters. The molecule has 1 unspecified atom stereocenters. The first kappa shape index (κ1) is 16.0. The maximum absolute atomic E-state index is 11.8. The van der Waals surface area contributed by atoms with Gasteiger partial charge >= 0.3 is 0 Å². The molecule has 116 valence electrons. The van der Waals surface area contributed by atoms with Crippen LogP contribution in [0.25, 0.3) is 0 Å². The van der Waals surface area contributed by atoms with E-state index in [4.69, 9.17) is 0 Å². The number of hydrogen-bond acceptors (Lipinski definition) is 3. The number of carbonyl (C=O) groups is 1. The monoisotopic (exact) mass is 299 g/mol. The number of benzene rings is 2. The summed E-state index contributed by atoms with van der Waals surface area (Å²) in [4.78, 5) is 11.8. The lowest BCUT2D eigenvalue weighted by Crippen LogP contribution is -2.28. The Balaban J connectivity index is 1.79. The predicted octanol–water partition coefficient (Wildman–Crippen LogP) is 2.48. The Morgan fingerprint density at radius 1 is 1.18 bits per heavy atom. The summed E-state index contributed by atoms with van der Waals surface area (Å²) in [7, 11) is 0. The van der Waals surface area contributed by atoms with Gasteiger partial charge in [0.15, 0.2) is 0 Å². The lowest BCUT2D eigenvalue weighted by Gasteiger charge is -2.13. The number of carbonyl (C=O) groups excluding carboxylic acids is 1. The summed E-state index contributed by atoms with van der Waals surface area (Å²) < 4.78 is 0. The van der Waals surface area contributed by atoms with E-state index in [2.05, 4.69) is 5.32 Å². The van der Waals surface area contributed by atoms with E-state index in [0.717, 1.165) is 16.7 Å². The molecule has 3 N–H and O–H groups in total. The van der Waals surface area contributed by atoms with Gasteiger partial charge < -0.3 is 15.5 Å². The van der Waals surface area contributed by atoms with E-state index in [9.17, 15) is 15.0 Å². The van der Waals surface area contributed by atoms with Gasteiger partial charge in [0.1, 0.15) is 5.75 Å². The molecule has 0 saturated heterocycles. The van der Waals surface area contributed by atoms with Gasteiger partial charge in [-0.15, -0.1) is 0 Å². The number of amides is 1. The highest BCUT2D eigenvalue weighted by Crippen LogP contribution is 2.17. The van der Waals surface area contributed by atoms with Crippen molar-refractivity contribution in [2.45, 2.75) is 25.9 Å². The third-order valence-corrected chi connectivity index (χ3v) is 3.53. The fraction of sp³-hybridized carbons (Fsp3) is 0.278. The van der Waals surface area contributed by atoms with Crippen molar-refractivity contribution in [3.63, 3.8) is 0 Å². The van der Waals surface area contributed by atoms with Gasteiger partial charge in [0.25, 0.3) is 0 Å². The molecular weight excluding hydrogens is 278 g/mol. The summed E-state index contributed by atoms with van der Waals surface area (Å²) in [5.41, 5.74) is 2.61. The van der Waals surface area contributed by atoms with Crippen molar-refractivity contribution in [1.82, 2.24) is 5.32 Å². The van der Waals surface area contributed by atoms with Gasteiger partial charge in [0.2, 0.25) is 5.91 Å². The minimum atomic E-state index is -0.714. The standard InChI is InChI=1S/C18H21NO3/c1-13-5-4-7-15(11-13)17(21)12-19-18(22)10-9-14-6-2-3-8-16(14)20/h2-8,11,17,20-21H,9-10,12H2,1H3,(H,19,22). The van der Waals surface area contributed by atoms with Crippen LogP contribution in [0.2, 0.25) is 0 Å². The van der Waals surface area contributed by atoms with Crippen LogP contribution >= 0.6 is 0 Å². The van der Waals surface area contributed by atoms with E-state index in [1.54, 1.807) is 18.2 Å². The number of aliphatic hydroxyl groups excluding tert-OH is 1. The van der Waals surface area contributed by atoms with Crippen LogP contribution in [0.3, 0.4) is 0 Å². The average Bonchev–Trinajstić information content (AvgIpc) is 2.52. The third-order valence-electron chi connectivity index (χ3n) is 3.53. The first-order chi connectivity index (χ1) is 10.6. The van der Waals surface area contributed by atoms with Crippen molar-refractivity contribution >= 4 is 5.91 Å². The Morgan fingerprint density at radius 3 is 2.68 bits per heavy atom. The van der Waals surface area contributed by atoms with E-state index in [1.165, 1.54) is 0 Å². The number of phenolic OH excluding ortho intramolecular Hbond substituents is 1. The Kier molecular flexibility index (Phi) is 5.55. The van der Waals surface area contributed by atoms with Crippen molar-refractivity contribution in [3.05, 3.63) is 65.2 Å². The molecule has 0 aliphatic heterocycles. The van der Waals surface area contributed by atoms with Crippen LogP contribution in [0.15, 0.2) is 48.5 Å². The Bertz CT molecular complexity index is 640. The summed E-state index contributed by atoms with van der Waals surface area (Å²) in [6, 6.07) is 14.6. The molecule has 0 radical (unpaired) electrons. The van der Waals surface area contributed by atoms with Gasteiger partial charge in [-0.25, -0.2) is 0 Å². The molecule has 4 nitrogen and oxygen atoms in total. The van der Waals surface area contributed by atoms with Gasteiger partial charge in [-0.05, 0) is 30.5 Å². The molecule has 0 fully saturated rings. The number of phenols is 1. The van der Waals surface area contributed by atoms with Crippen LogP contribution in [0, 0.1) is 6.92 Å². The number of nitrogens with one attached hydrogen (secondary N) is 1. The highest BCUT2D eigenvalue weighted by Gasteiger charge is 2.10. The van der Waals surface area contributed by atoms with Crippen molar-refractivity contribution < 1.29 is 15.0 Å². The van der Waals surface area contributed by atoms with Crippen LogP contribution in [0.5, 0.6) is 5.75 Å². The second kappa shape index (κ2) is 7.61. The summed E-state index contributed by atoms with van der Waals surface area (Å²) in [5, 5.41) is 22.4. The molecule has 2 aromatic carbocycles. The quantitative estimate of drug-likeness (QED) is 0.767. The van der Waals surface area contributed by atoms with Crippen molar-refractivity contribution in [1.29, 1.82) is 0 Å². The Labute approximate surface area is 130 Å². The van der Waals surface area contributed by atoms with Crippen LogP contribution < -0.4 is 5.32 Å². The minimum absolute atomic E-state index is 0.144. The van der Waals surface area contributed by atoms with Crippen LogP contribution in [-0.2, 0) is 11.2 Å². The number of rotatable bonds is 6. The van der Waals surface area contributed by atoms with Crippen LogP contribution in [0.4, 0.5) is 0 Å². The topological polar surface area (TPSA) is 69.6 Å². The van der Waals surface area contributed by atoms with E-state index in [1.807, 2.05) is 37.3 Å². The van der Waals surface area contributed by atoms with E-state index >= 15 is 0 Å². The smallest absolute Gasteiger partial charge is 0.220 e. The molecule has 2 rings (SSSR count).